The van der Waals surface area contributed by atoms with Crippen LogP contribution in [0.15, 0.2) is 0 Å². The van der Waals surface area contributed by atoms with Gasteiger partial charge in [-0.2, -0.15) is 0 Å². The lowest BCUT2D eigenvalue weighted by Crippen LogP contribution is -2.63. The number of hydrogen-bond acceptors (Lipinski definition) is 4. The van der Waals surface area contributed by atoms with Crippen molar-refractivity contribution in [3.05, 3.63) is 0 Å². The lowest BCUT2D eigenvalue weighted by Gasteiger charge is -2.45. The molecule has 2 heterocycles. The van der Waals surface area contributed by atoms with Crippen molar-refractivity contribution in [2.45, 2.75) is 38.3 Å². The zero-order valence-electron chi connectivity index (χ0n) is 11.2. The number of rotatable bonds is 5. The molecule has 2 aliphatic rings. The largest absolute Gasteiger partial charge is 0.396 e. The van der Waals surface area contributed by atoms with Crippen LogP contribution in [0.25, 0.3) is 0 Å². The van der Waals surface area contributed by atoms with Crippen molar-refractivity contribution in [2.75, 3.05) is 32.8 Å². The van der Waals surface area contributed by atoms with Crippen molar-refractivity contribution in [1.82, 2.24) is 10.2 Å². The SMILES string of the molecule is CC(CO)C(C)NC1(CN)CCN2CCC1C2. The molecule has 0 saturated carbocycles. The third-order valence-corrected chi connectivity index (χ3v) is 4.95. The molecule has 0 radical (unpaired) electrons. The Morgan fingerprint density at radius 2 is 2.24 bits per heavy atom. The molecule has 2 rings (SSSR count). The minimum absolute atomic E-state index is 0.107. The molecule has 2 aliphatic heterocycles. The Hall–Kier alpha value is -0.160. The molecule has 5 unspecified atom stereocenters. The molecule has 4 nitrogen and oxygen atoms in total. The molecule has 0 spiro atoms. The molecule has 0 aliphatic carbocycles. The smallest absolute Gasteiger partial charge is 0.0471 e. The summed E-state index contributed by atoms with van der Waals surface area (Å²) >= 11 is 0. The molecule has 17 heavy (non-hydrogen) atoms. The summed E-state index contributed by atoms with van der Waals surface area (Å²) in [7, 11) is 0. The lowest BCUT2D eigenvalue weighted by atomic mass is 9.77. The first-order chi connectivity index (χ1) is 8.11. The Bertz CT molecular complexity index is 261. The summed E-state index contributed by atoms with van der Waals surface area (Å²) in [6, 6.07) is 0.329. The zero-order chi connectivity index (χ0) is 12.5. The molecule has 0 amide bonds. The van der Waals surface area contributed by atoms with Crippen LogP contribution in [-0.4, -0.2) is 54.4 Å². The highest BCUT2D eigenvalue weighted by Gasteiger charge is 2.45. The van der Waals surface area contributed by atoms with Crippen LogP contribution in [0.2, 0.25) is 0 Å². The van der Waals surface area contributed by atoms with Gasteiger partial charge in [-0.1, -0.05) is 6.92 Å². The normalized spacial score (nSPS) is 40.2. The van der Waals surface area contributed by atoms with E-state index in [1.807, 2.05) is 0 Å². The Labute approximate surface area is 105 Å². The summed E-state index contributed by atoms with van der Waals surface area (Å²) in [5.74, 6) is 0.979. The highest BCUT2D eigenvalue weighted by molar-refractivity contribution is 5.04. The standard InChI is InChI=1S/C13H27N3O/c1-10(8-17)11(2)15-13(9-14)4-6-16-5-3-12(13)7-16/h10-12,15,17H,3-9,14H2,1-2H3. The van der Waals surface area contributed by atoms with Gasteiger partial charge in [-0.3, -0.25) is 0 Å². The van der Waals surface area contributed by atoms with E-state index >= 15 is 0 Å². The predicted molar refractivity (Wildman–Crippen MR) is 69.8 cm³/mol. The van der Waals surface area contributed by atoms with Crippen LogP contribution in [0.5, 0.6) is 0 Å². The maximum absolute atomic E-state index is 9.24. The van der Waals surface area contributed by atoms with Crippen LogP contribution in [0, 0.1) is 11.8 Å². The summed E-state index contributed by atoms with van der Waals surface area (Å²) in [6.45, 7) is 8.81. The van der Waals surface area contributed by atoms with Gasteiger partial charge in [-0.15, -0.1) is 0 Å². The molecule has 0 aromatic carbocycles. The van der Waals surface area contributed by atoms with Crippen molar-refractivity contribution >= 4 is 0 Å². The van der Waals surface area contributed by atoms with Crippen LogP contribution in [0.4, 0.5) is 0 Å². The zero-order valence-corrected chi connectivity index (χ0v) is 11.2. The van der Waals surface area contributed by atoms with Crippen LogP contribution in [-0.2, 0) is 0 Å². The minimum Gasteiger partial charge on any atom is -0.396 e. The van der Waals surface area contributed by atoms with E-state index in [0.717, 1.165) is 6.42 Å². The molecule has 2 bridgehead atoms. The number of nitrogens with one attached hydrogen (secondary N) is 1. The van der Waals surface area contributed by atoms with Crippen LogP contribution in [0.3, 0.4) is 0 Å². The van der Waals surface area contributed by atoms with E-state index < -0.39 is 0 Å². The van der Waals surface area contributed by atoms with Gasteiger partial charge in [0.05, 0.1) is 0 Å². The average Bonchev–Trinajstić information content (AvgIpc) is 2.76. The monoisotopic (exact) mass is 241 g/mol. The number of nitrogens with two attached hydrogens (primary N) is 1. The van der Waals surface area contributed by atoms with Crippen molar-refractivity contribution in [3.63, 3.8) is 0 Å². The molecular weight excluding hydrogens is 214 g/mol. The van der Waals surface area contributed by atoms with Gasteiger partial charge < -0.3 is 21.1 Å². The lowest BCUT2D eigenvalue weighted by molar-refractivity contribution is 0.104. The quantitative estimate of drug-likeness (QED) is 0.635. The minimum atomic E-state index is 0.107. The second-order valence-electron chi connectivity index (χ2n) is 5.99. The van der Waals surface area contributed by atoms with Gasteiger partial charge in [0.15, 0.2) is 0 Å². The third kappa shape index (κ3) is 2.50. The second-order valence-corrected chi connectivity index (χ2v) is 5.99. The molecule has 2 fully saturated rings. The van der Waals surface area contributed by atoms with Gasteiger partial charge in [-0.25, -0.2) is 0 Å². The molecule has 4 N–H and O–H groups in total. The van der Waals surface area contributed by atoms with Crippen molar-refractivity contribution in [3.8, 4) is 0 Å². The van der Waals surface area contributed by atoms with Gasteiger partial charge in [0.25, 0.3) is 0 Å². The van der Waals surface area contributed by atoms with Gasteiger partial charge in [0.2, 0.25) is 0 Å². The summed E-state index contributed by atoms with van der Waals surface area (Å²) < 4.78 is 0. The van der Waals surface area contributed by atoms with E-state index in [1.54, 1.807) is 0 Å². The number of hydrogen-bond donors (Lipinski definition) is 3. The predicted octanol–water partition coefficient (Wildman–Crippen LogP) is 0.0160. The Balaban J connectivity index is 2.03. The van der Waals surface area contributed by atoms with Gasteiger partial charge in [-0.05, 0) is 44.7 Å². The third-order valence-electron chi connectivity index (χ3n) is 4.95. The van der Waals surface area contributed by atoms with E-state index in [0.29, 0.717) is 18.5 Å². The van der Waals surface area contributed by atoms with Crippen LogP contribution < -0.4 is 11.1 Å². The molecule has 100 valence electrons. The molecule has 0 aromatic heterocycles. The fourth-order valence-corrected chi connectivity index (χ4v) is 3.32. The fourth-order valence-electron chi connectivity index (χ4n) is 3.32. The van der Waals surface area contributed by atoms with E-state index in [2.05, 4.69) is 24.1 Å². The van der Waals surface area contributed by atoms with Crippen LogP contribution >= 0.6 is 0 Å². The highest BCUT2D eigenvalue weighted by atomic mass is 16.3. The van der Waals surface area contributed by atoms with Crippen molar-refractivity contribution in [2.24, 2.45) is 17.6 Å². The van der Waals surface area contributed by atoms with E-state index in [9.17, 15) is 5.11 Å². The first kappa shape index (κ1) is 13.3. The van der Waals surface area contributed by atoms with Gasteiger partial charge in [0, 0.05) is 31.3 Å². The molecule has 5 atom stereocenters. The first-order valence-electron chi connectivity index (χ1n) is 6.92. The Morgan fingerprint density at radius 1 is 1.47 bits per heavy atom. The maximum Gasteiger partial charge on any atom is 0.0471 e. The molecule has 2 saturated heterocycles. The number of piperidine rings is 1. The number of aliphatic hydroxyl groups is 1. The summed E-state index contributed by atoms with van der Waals surface area (Å²) in [5.41, 5.74) is 6.18. The maximum atomic E-state index is 9.24. The molecule has 0 aromatic rings. The first-order valence-corrected chi connectivity index (χ1v) is 6.92. The fraction of sp³-hybridized carbons (Fsp3) is 1.00. The van der Waals surface area contributed by atoms with Crippen molar-refractivity contribution in [1.29, 1.82) is 0 Å². The number of fused-ring (bicyclic) bond motifs is 2. The van der Waals surface area contributed by atoms with E-state index in [-0.39, 0.29) is 18.1 Å². The van der Waals surface area contributed by atoms with Crippen molar-refractivity contribution < 1.29 is 5.11 Å². The molecular formula is C13H27N3O. The van der Waals surface area contributed by atoms with E-state index in [1.165, 1.54) is 26.1 Å². The number of nitrogens with zero attached hydrogens (tertiary/aromatic N) is 1. The van der Waals surface area contributed by atoms with E-state index in [4.69, 9.17) is 5.73 Å². The summed E-state index contributed by atoms with van der Waals surface area (Å²) in [5, 5.41) is 13.0. The summed E-state index contributed by atoms with van der Waals surface area (Å²) in [4.78, 5) is 2.54. The van der Waals surface area contributed by atoms with Crippen LogP contribution in [0.1, 0.15) is 26.7 Å². The highest BCUT2D eigenvalue weighted by Crippen LogP contribution is 2.35. The average molecular weight is 241 g/mol. The van der Waals surface area contributed by atoms with Gasteiger partial charge >= 0.3 is 0 Å². The topological polar surface area (TPSA) is 61.5 Å². The Morgan fingerprint density at radius 3 is 2.88 bits per heavy atom. The second kappa shape index (κ2) is 5.22. The Kier molecular flexibility index (Phi) is 4.08. The number of aliphatic hydroxyl groups excluding tert-OH is 1. The van der Waals surface area contributed by atoms with Gasteiger partial charge in [0.1, 0.15) is 0 Å². The summed E-state index contributed by atoms with van der Waals surface area (Å²) in [6.07, 6.45) is 2.42. The molecule has 4 heteroatoms.